The second-order valence-corrected chi connectivity index (χ2v) is 6.29. The van der Waals surface area contributed by atoms with E-state index in [1.807, 2.05) is 0 Å². The molecule has 1 aromatic carbocycles. The summed E-state index contributed by atoms with van der Waals surface area (Å²) < 4.78 is 19.6. The standard InChI is InChI=1S/C16H19ClFN3O/c1-10-11(5-4-8-21(10)2)16-20-19-15(22-16)9-12-13(17)6-3-7-14(12)18/h3,6-7,10-11H,4-5,8-9H2,1-2H3/t10-,11-/m0/s1. The zero-order valence-electron chi connectivity index (χ0n) is 12.7. The zero-order valence-corrected chi connectivity index (χ0v) is 13.5. The molecule has 0 radical (unpaired) electrons. The van der Waals surface area contributed by atoms with Gasteiger partial charge in [0.15, 0.2) is 0 Å². The van der Waals surface area contributed by atoms with Crippen molar-refractivity contribution < 1.29 is 8.81 Å². The van der Waals surface area contributed by atoms with Gasteiger partial charge in [-0.1, -0.05) is 17.7 Å². The Morgan fingerprint density at radius 1 is 1.41 bits per heavy atom. The van der Waals surface area contributed by atoms with E-state index in [4.69, 9.17) is 16.0 Å². The molecule has 3 rings (SSSR count). The summed E-state index contributed by atoms with van der Waals surface area (Å²) in [6.45, 7) is 3.25. The fourth-order valence-corrected chi connectivity index (χ4v) is 3.21. The molecule has 0 amide bonds. The van der Waals surface area contributed by atoms with Gasteiger partial charge in [-0.3, -0.25) is 0 Å². The lowest BCUT2D eigenvalue weighted by Gasteiger charge is -2.34. The van der Waals surface area contributed by atoms with E-state index in [-0.39, 0.29) is 18.2 Å². The molecule has 0 aliphatic carbocycles. The van der Waals surface area contributed by atoms with Crippen LogP contribution in [0.25, 0.3) is 0 Å². The van der Waals surface area contributed by atoms with Gasteiger partial charge in [0.05, 0.1) is 12.3 Å². The van der Waals surface area contributed by atoms with Crippen LogP contribution in [-0.2, 0) is 6.42 Å². The third-order valence-corrected chi connectivity index (χ3v) is 4.85. The average molecular weight is 324 g/mol. The van der Waals surface area contributed by atoms with E-state index >= 15 is 0 Å². The van der Waals surface area contributed by atoms with Crippen molar-refractivity contribution in [2.45, 2.75) is 38.1 Å². The molecule has 0 spiro atoms. The molecule has 1 fully saturated rings. The molecule has 6 heteroatoms. The number of halogens is 2. The van der Waals surface area contributed by atoms with E-state index in [1.54, 1.807) is 12.1 Å². The molecule has 0 saturated carbocycles. The topological polar surface area (TPSA) is 42.2 Å². The third-order valence-electron chi connectivity index (χ3n) is 4.49. The summed E-state index contributed by atoms with van der Waals surface area (Å²) in [5.74, 6) is 0.929. The first-order valence-electron chi connectivity index (χ1n) is 7.51. The van der Waals surface area contributed by atoms with Gasteiger partial charge in [-0.15, -0.1) is 10.2 Å². The lowest BCUT2D eigenvalue weighted by atomic mass is 9.90. The van der Waals surface area contributed by atoms with Crippen LogP contribution >= 0.6 is 11.6 Å². The van der Waals surface area contributed by atoms with Gasteiger partial charge < -0.3 is 9.32 Å². The quantitative estimate of drug-likeness (QED) is 0.864. The number of piperidine rings is 1. The summed E-state index contributed by atoms with van der Waals surface area (Å²) in [6.07, 6.45) is 2.37. The Labute approximate surface area is 134 Å². The first kappa shape index (κ1) is 15.4. The average Bonchev–Trinajstić information content (AvgIpc) is 2.94. The summed E-state index contributed by atoms with van der Waals surface area (Å²) in [6, 6.07) is 4.99. The number of hydrogen-bond acceptors (Lipinski definition) is 4. The van der Waals surface area contributed by atoms with Gasteiger partial charge in [-0.05, 0) is 45.5 Å². The predicted octanol–water partition coefficient (Wildman–Crippen LogP) is 3.65. The van der Waals surface area contributed by atoms with Crippen molar-refractivity contribution in [2.24, 2.45) is 0 Å². The number of aromatic nitrogens is 2. The fourth-order valence-electron chi connectivity index (χ4n) is 2.98. The maximum absolute atomic E-state index is 13.8. The normalized spacial score (nSPS) is 22.9. The van der Waals surface area contributed by atoms with Gasteiger partial charge in [0, 0.05) is 16.6 Å². The van der Waals surface area contributed by atoms with Crippen molar-refractivity contribution in [3.8, 4) is 0 Å². The van der Waals surface area contributed by atoms with Gasteiger partial charge in [0.25, 0.3) is 0 Å². The Morgan fingerprint density at radius 2 is 2.23 bits per heavy atom. The Morgan fingerprint density at radius 3 is 3.00 bits per heavy atom. The van der Waals surface area contributed by atoms with Gasteiger partial charge in [0.1, 0.15) is 5.82 Å². The molecule has 4 nitrogen and oxygen atoms in total. The van der Waals surface area contributed by atoms with Gasteiger partial charge in [-0.25, -0.2) is 4.39 Å². The second kappa shape index (κ2) is 6.34. The van der Waals surface area contributed by atoms with Crippen LogP contribution < -0.4 is 0 Å². The van der Waals surface area contributed by atoms with Gasteiger partial charge in [0.2, 0.25) is 11.8 Å². The highest BCUT2D eigenvalue weighted by molar-refractivity contribution is 6.31. The minimum atomic E-state index is -0.349. The molecule has 2 atom stereocenters. The molecule has 22 heavy (non-hydrogen) atoms. The van der Waals surface area contributed by atoms with Crippen molar-refractivity contribution in [1.82, 2.24) is 15.1 Å². The number of hydrogen-bond donors (Lipinski definition) is 0. The number of benzene rings is 1. The monoisotopic (exact) mass is 323 g/mol. The molecular formula is C16H19ClFN3O. The molecule has 1 saturated heterocycles. The minimum absolute atomic E-state index is 0.218. The van der Waals surface area contributed by atoms with Crippen molar-refractivity contribution in [1.29, 1.82) is 0 Å². The molecule has 1 aromatic heterocycles. The van der Waals surface area contributed by atoms with Crippen molar-refractivity contribution >= 4 is 11.6 Å². The number of likely N-dealkylation sites (tertiary alicyclic amines) is 1. The maximum atomic E-state index is 13.8. The minimum Gasteiger partial charge on any atom is -0.425 e. The van der Waals surface area contributed by atoms with E-state index < -0.39 is 0 Å². The van der Waals surface area contributed by atoms with Crippen LogP contribution in [0, 0.1) is 5.82 Å². The van der Waals surface area contributed by atoms with Crippen LogP contribution in [-0.4, -0.2) is 34.7 Å². The maximum Gasteiger partial charge on any atom is 0.221 e. The molecule has 2 heterocycles. The van der Waals surface area contributed by atoms with Gasteiger partial charge in [-0.2, -0.15) is 0 Å². The summed E-state index contributed by atoms with van der Waals surface area (Å²) in [7, 11) is 2.10. The second-order valence-electron chi connectivity index (χ2n) is 5.88. The number of rotatable bonds is 3. The molecule has 118 valence electrons. The van der Waals surface area contributed by atoms with Crippen LogP contribution in [0.5, 0.6) is 0 Å². The van der Waals surface area contributed by atoms with Crippen LogP contribution in [0.15, 0.2) is 22.6 Å². The van der Waals surface area contributed by atoms with Gasteiger partial charge >= 0.3 is 0 Å². The van der Waals surface area contributed by atoms with Crippen molar-refractivity contribution in [3.05, 3.63) is 46.4 Å². The zero-order chi connectivity index (χ0) is 15.7. The van der Waals surface area contributed by atoms with Crippen molar-refractivity contribution in [3.63, 3.8) is 0 Å². The molecule has 0 bridgehead atoms. The molecule has 2 aromatic rings. The Kier molecular flexibility index (Phi) is 4.45. The highest BCUT2D eigenvalue weighted by Gasteiger charge is 2.31. The highest BCUT2D eigenvalue weighted by Crippen LogP contribution is 2.31. The van der Waals surface area contributed by atoms with E-state index in [1.165, 1.54) is 6.07 Å². The first-order valence-corrected chi connectivity index (χ1v) is 7.89. The number of nitrogens with zero attached hydrogens (tertiary/aromatic N) is 3. The van der Waals surface area contributed by atoms with Crippen molar-refractivity contribution in [2.75, 3.05) is 13.6 Å². The smallest absolute Gasteiger partial charge is 0.221 e. The summed E-state index contributed by atoms with van der Waals surface area (Å²) in [4.78, 5) is 2.30. The summed E-state index contributed by atoms with van der Waals surface area (Å²) in [5, 5.41) is 8.62. The van der Waals surface area contributed by atoms with E-state index in [9.17, 15) is 4.39 Å². The van der Waals surface area contributed by atoms with Crippen LogP contribution in [0.3, 0.4) is 0 Å². The molecule has 1 aliphatic rings. The molecular weight excluding hydrogens is 305 g/mol. The van der Waals surface area contributed by atoms with Crippen LogP contribution in [0.1, 0.15) is 43.0 Å². The van der Waals surface area contributed by atoms with Crippen LogP contribution in [0.2, 0.25) is 5.02 Å². The fraction of sp³-hybridized carbons (Fsp3) is 0.500. The lowest BCUT2D eigenvalue weighted by molar-refractivity contribution is 0.157. The SMILES string of the molecule is C[C@H]1[C@@H](c2nnc(Cc3c(F)cccc3Cl)o2)CCCN1C. The highest BCUT2D eigenvalue weighted by atomic mass is 35.5. The third kappa shape index (κ3) is 3.01. The first-order chi connectivity index (χ1) is 10.6. The summed E-state index contributed by atoms with van der Waals surface area (Å²) >= 11 is 6.04. The Hall–Kier alpha value is -1.46. The molecule has 0 unspecified atom stereocenters. The molecule has 0 N–H and O–H groups in total. The summed E-state index contributed by atoms with van der Waals surface area (Å²) in [5.41, 5.74) is 0.396. The van der Waals surface area contributed by atoms with Crippen LogP contribution in [0.4, 0.5) is 4.39 Å². The Bertz CT molecular complexity index is 640. The largest absolute Gasteiger partial charge is 0.425 e. The number of likely N-dealkylation sites (N-methyl/N-ethyl adjacent to an activating group) is 1. The Balaban J connectivity index is 1.79. The van der Waals surface area contributed by atoms with E-state index in [0.29, 0.717) is 28.4 Å². The lowest BCUT2D eigenvalue weighted by Crippen LogP contribution is -2.39. The molecule has 1 aliphatic heterocycles. The van der Waals surface area contributed by atoms with E-state index in [0.717, 1.165) is 19.4 Å². The van der Waals surface area contributed by atoms with E-state index in [2.05, 4.69) is 29.1 Å². The predicted molar refractivity (Wildman–Crippen MR) is 82.6 cm³/mol.